The fourth-order valence-electron chi connectivity index (χ4n) is 4.43. The molecule has 0 radical (unpaired) electrons. The van der Waals surface area contributed by atoms with Gasteiger partial charge in [0.1, 0.15) is 11.5 Å². The summed E-state index contributed by atoms with van der Waals surface area (Å²) in [5, 5.41) is 15.1. The number of benzene rings is 2. The van der Waals surface area contributed by atoms with Crippen molar-refractivity contribution in [1.82, 2.24) is 24.4 Å². The average Bonchev–Trinajstić information content (AvgIpc) is 3.47. The summed E-state index contributed by atoms with van der Waals surface area (Å²) in [6.45, 7) is 4.90. The van der Waals surface area contributed by atoms with E-state index in [1.807, 2.05) is 4.90 Å². The molecule has 1 saturated heterocycles. The van der Waals surface area contributed by atoms with E-state index in [4.69, 9.17) is 9.90 Å². The Morgan fingerprint density at radius 1 is 1.07 bits per heavy atom. The summed E-state index contributed by atoms with van der Waals surface area (Å²) in [4.78, 5) is 14.9. The van der Waals surface area contributed by atoms with Crippen LogP contribution >= 0.6 is 0 Å². The van der Waals surface area contributed by atoms with Crippen LogP contribution in [0.1, 0.15) is 6.92 Å². The predicted octanol–water partition coefficient (Wildman–Crippen LogP) is 4.53. The molecule has 0 spiro atoms. The summed E-state index contributed by atoms with van der Waals surface area (Å²) in [5.74, 6) is -3.88. The number of hydrogen-bond donors (Lipinski definition) is 3. The molecule has 0 amide bonds. The van der Waals surface area contributed by atoms with Gasteiger partial charge in [-0.15, -0.1) is 0 Å². The van der Waals surface area contributed by atoms with E-state index < -0.39 is 28.2 Å². The summed E-state index contributed by atoms with van der Waals surface area (Å²) < 4.78 is 92.8. The average molecular weight is 668 g/mol. The largest absolute Gasteiger partial charge is 0.490 e. The van der Waals surface area contributed by atoms with Gasteiger partial charge in [-0.1, -0.05) is 19.1 Å². The summed E-state index contributed by atoms with van der Waals surface area (Å²) in [7, 11) is -2.53. The van der Waals surface area contributed by atoms with E-state index in [2.05, 4.69) is 20.1 Å². The van der Waals surface area contributed by atoms with E-state index in [0.29, 0.717) is 41.3 Å². The minimum atomic E-state index is -5.08. The number of rotatable bonds is 8. The van der Waals surface area contributed by atoms with Crippen molar-refractivity contribution in [2.24, 2.45) is 0 Å². The number of carboxylic acids is 1. The Morgan fingerprint density at radius 3 is 2.30 bits per heavy atom. The molecule has 0 aliphatic carbocycles. The van der Waals surface area contributed by atoms with Crippen molar-refractivity contribution in [3.05, 3.63) is 78.8 Å². The summed E-state index contributed by atoms with van der Waals surface area (Å²) in [6, 6.07) is 12.9. The van der Waals surface area contributed by atoms with Gasteiger partial charge in [0.05, 0.1) is 17.1 Å². The monoisotopic (exact) mass is 667 g/mol. The van der Waals surface area contributed by atoms with Crippen LogP contribution in [0.15, 0.2) is 67.1 Å². The normalized spacial score (nSPS) is 13.7. The highest BCUT2D eigenvalue weighted by molar-refractivity contribution is 7.90. The maximum Gasteiger partial charge on any atom is 0.490 e. The topological polar surface area (TPSA) is 133 Å². The van der Waals surface area contributed by atoms with E-state index in [0.717, 1.165) is 17.4 Å². The molecule has 4 aromatic rings. The van der Waals surface area contributed by atoms with Crippen LogP contribution in [-0.4, -0.2) is 84.5 Å². The molecule has 1 aliphatic rings. The smallest absolute Gasteiger partial charge is 0.475 e. The molecule has 3 N–H and O–H groups in total. The van der Waals surface area contributed by atoms with Crippen LogP contribution in [-0.2, 0) is 15.0 Å². The van der Waals surface area contributed by atoms with Gasteiger partial charge in [0.25, 0.3) is 0 Å². The van der Waals surface area contributed by atoms with Crippen LogP contribution in [0.5, 0.6) is 0 Å². The zero-order valence-corrected chi connectivity index (χ0v) is 25.4. The molecule has 3 heterocycles. The van der Waals surface area contributed by atoms with Gasteiger partial charge in [0.15, 0.2) is 5.82 Å². The molecular weight excluding hydrogens is 637 g/mol. The first-order valence-corrected chi connectivity index (χ1v) is 15.3. The molecule has 2 aromatic heterocycles. The lowest BCUT2D eigenvalue weighted by Crippen LogP contribution is -2.43. The third kappa shape index (κ3) is 7.96. The number of alkyl halides is 3. The molecular formula is C29H30F5N7O4S. The third-order valence-corrected chi connectivity index (χ3v) is 8.50. The van der Waals surface area contributed by atoms with Crippen molar-refractivity contribution in [3.8, 4) is 28.1 Å². The second-order valence-corrected chi connectivity index (χ2v) is 11.7. The van der Waals surface area contributed by atoms with Crippen molar-refractivity contribution in [1.29, 1.82) is 0 Å². The van der Waals surface area contributed by atoms with E-state index in [1.165, 1.54) is 23.9 Å². The zero-order chi connectivity index (χ0) is 33.6. The van der Waals surface area contributed by atoms with Crippen molar-refractivity contribution in [2.45, 2.75) is 13.1 Å². The van der Waals surface area contributed by atoms with Gasteiger partial charge in [0.2, 0.25) is 0 Å². The first-order valence-electron chi connectivity index (χ1n) is 13.8. The Labute approximate surface area is 261 Å². The van der Waals surface area contributed by atoms with E-state index in [1.54, 1.807) is 61.9 Å². The standard InChI is InChI=1S/C27H29F2N7O2S.C2HF3O2/c1-3-34(2)39(37,38)33-24-6-4-5-21(26(24)29)22-18-36(32-27(22)19-9-11-30-12-10-19)20-7-8-25(23(28)17-20)35-15-13-31-14-16-35;3-2(4,5)1(6)7/h4-12,17-18,31,33H,3,13-16H2,1-2H3;(H,6,7). The summed E-state index contributed by atoms with van der Waals surface area (Å²) in [5.41, 5.74) is 2.47. The van der Waals surface area contributed by atoms with Crippen LogP contribution in [0.4, 0.5) is 33.3 Å². The lowest BCUT2D eigenvalue weighted by atomic mass is 10.0. The molecule has 0 atom stereocenters. The third-order valence-electron chi connectivity index (χ3n) is 6.95. The van der Waals surface area contributed by atoms with Crippen LogP contribution in [0.2, 0.25) is 0 Å². The van der Waals surface area contributed by atoms with Gasteiger partial charge in [0, 0.05) is 81.1 Å². The summed E-state index contributed by atoms with van der Waals surface area (Å²) >= 11 is 0. The lowest BCUT2D eigenvalue weighted by Gasteiger charge is -2.29. The number of aromatic nitrogens is 3. The number of aliphatic carboxylic acids is 1. The molecule has 11 nitrogen and oxygen atoms in total. The second-order valence-electron chi connectivity index (χ2n) is 9.94. The number of pyridine rings is 1. The molecule has 5 rings (SSSR count). The first kappa shape index (κ1) is 34.3. The number of carbonyl (C=O) groups is 1. The predicted molar refractivity (Wildman–Crippen MR) is 162 cm³/mol. The van der Waals surface area contributed by atoms with Crippen molar-refractivity contribution in [2.75, 3.05) is 49.4 Å². The number of nitrogens with zero attached hydrogens (tertiary/aromatic N) is 5. The number of anilines is 2. The Kier molecular flexibility index (Phi) is 10.6. The zero-order valence-electron chi connectivity index (χ0n) is 24.6. The molecule has 1 fully saturated rings. The van der Waals surface area contributed by atoms with E-state index in [-0.39, 0.29) is 23.6 Å². The number of carboxylic acid groups (broad SMARTS) is 1. The molecule has 1 aliphatic heterocycles. The second kappa shape index (κ2) is 14.2. The fraction of sp³-hybridized carbons (Fsp3) is 0.276. The highest BCUT2D eigenvalue weighted by Gasteiger charge is 2.38. The van der Waals surface area contributed by atoms with Gasteiger partial charge in [-0.05, 0) is 30.3 Å². The molecule has 246 valence electrons. The molecule has 0 bridgehead atoms. The number of nitrogens with one attached hydrogen (secondary N) is 2. The minimum absolute atomic E-state index is 0.144. The van der Waals surface area contributed by atoms with Crippen molar-refractivity contribution < 1.29 is 40.3 Å². The van der Waals surface area contributed by atoms with Gasteiger partial charge in [-0.25, -0.2) is 18.3 Å². The van der Waals surface area contributed by atoms with Gasteiger partial charge in [-0.3, -0.25) is 9.71 Å². The lowest BCUT2D eigenvalue weighted by molar-refractivity contribution is -0.192. The summed E-state index contributed by atoms with van der Waals surface area (Å²) in [6.07, 6.45) is -0.271. The Balaban J connectivity index is 0.000000617. The first-order chi connectivity index (χ1) is 21.7. The van der Waals surface area contributed by atoms with Crippen LogP contribution in [0.25, 0.3) is 28.1 Å². The number of hydrogen-bond acceptors (Lipinski definition) is 7. The SMILES string of the molecule is CCN(C)S(=O)(=O)Nc1cccc(-c2cn(-c3ccc(N4CCNCC4)c(F)c3)nc2-c2ccncc2)c1F.O=C(O)C(F)(F)F. The fourth-order valence-corrected chi connectivity index (χ4v) is 5.36. The highest BCUT2D eigenvalue weighted by atomic mass is 32.2. The minimum Gasteiger partial charge on any atom is -0.475 e. The molecule has 17 heteroatoms. The molecule has 46 heavy (non-hydrogen) atoms. The molecule has 0 unspecified atom stereocenters. The quantitative estimate of drug-likeness (QED) is 0.234. The number of piperazine rings is 1. The van der Waals surface area contributed by atoms with Crippen molar-refractivity contribution >= 4 is 27.6 Å². The maximum absolute atomic E-state index is 15.8. The highest BCUT2D eigenvalue weighted by Crippen LogP contribution is 2.36. The van der Waals surface area contributed by atoms with Crippen molar-refractivity contribution in [3.63, 3.8) is 0 Å². The Morgan fingerprint density at radius 2 is 1.72 bits per heavy atom. The van der Waals surface area contributed by atoms with Crippen LogP contribution in [0, 0.1) is 11.6 Å². The van der Waals surface area contributed by atoms with Gasteiger partial charge in [-0.2, -0.15) is 31.0 Å². The van der Waals surface area contributed by atoms with Gasteiger partial charge >= 0.3 is 22.4 Å². The number of halogens is 5. The van der Waals surface area contributed by atoms with Gasteiger partial charge < -0.3 is 15.3 Å². The van der Waals surface area contributed by atoms with E-state index in [9.17, 15) is 21.6 Å². The van der Waals surface area contributed by atoms with Crippen LogP contribution < -0.4 is 14.9 Å². The van der Waals surface area contributed by atoms with Crippen LogP contribution in [0.3, 0.4) is 0 Å². The molecule has 0 saturated carbocycles. The maximum atomic E-state index is 15.8. The Hall–Kier alpha value is -4.61. The molecule has 2 aromatic carbocycles. The Bertz CT molecular complexity index is 1780. The van der Waals surface area contributed by atoms with E-state index >= 15 is 8.78 Å².